The number of hydrogen-bond donors (Lipinski definition) is 2. The van der Waals surface area contributed by atoms with E-state index in [0.717, 1.165) is 12.8 Å². The second-order valence-electron chi connectivity index (χ2n) is 7.44. The van der Waals surface area contributed by atoms with E-state index in [0.29, 0.717) is 28.8 Å². The molecule has 3 rings (SSSR count). The number of fused-ring (bicyclic) bond motifs is 1. The van der Waals surface area contributed by atoms with Gasteiger partial charge in [0.2, 0.25) is 5.91 Å². The molecule has 1 aliphatic rings. The number of benzene rings is 1. The minimum Gasteiger partial charge on any atom is -0.368 e. The Bertz CT molecular complexity index is 895. The Balaban J connectivity index is 1.84. The molecule has 0 unspecified atom stereocenters. The third-order valence-electron chi connectivity index (χ3n) is 5.57. The van der Waals surface area contributed by atoms with E-state index in [1.165, 1.54) is 36.4 Å². The number of amides is 2. The average molecular weight is 369 g/mol. The van der Waals surface area contributed by atoms with Gasteiger partial charge in [0.05, 0.1) is 0 Å². The first kappa shape index (κ1) is 19.1. The second-order valence-corrected chi connectivity index (χ2v) is 7.44. The Morgan fingerprint density at radius 3 is 2.52 bits per heavy atom. The third kappa shape index (κ3) is 4.21. The Morgan fingerprint density at radius 1 is 1.15 bits per heavy atom. The maximum Gasteiger partial charge on any atom is 0.259 e. The Kier molecular flexibility index (Phi) is 5.94. The summed E-state index contributed by atoms with van der Waals surface area (Å²) in [7, 11) is 0. The molecular weight excluding hydrogens is 342 g/mol. The lowest BCUT2D eigenvalue weighted by molar-refractivity contribution is -0.120. The van der Waals surface area contributed by atoms with Gasteiger partial charge >= 0.3 is 0 Å². The Hall–Kier alpha value is -2.63. The molecule has 1 heterocycles. The molecule has 3 N–H and O–H groups in total. The van der Waals surface area contributed by atoms with Crippen LogP contribution in [0, 0.1) is 5.92 Å². The summed E-state index contributed by atoms with van der Waals surface area (Å²) >= 11 is 0. The van der Waals surface area contributed by atoms with Gasteiger partial charge in [-0.25, -0.2) is 0 Å². The van der Waals surface area contributed by atoms with Crippen LogP contribution in [0.5, 0.6) is 0 Å². The van der Waals surface area contributed by atoms with Crippen molar-refractivity contribution in [2.45, 2.75) is 51.5 Å². The van der Waals surface area contributed by atoms with E-state index in [-0.39, 0.29) is 11.5 Å². The van der Waals surface area contributed by atoms with E-state index in [9.17, 15) is 14.4 Å². The Labute approximate surface area is 158 Å². The number of nitrogens with one attached hydrogen (secondary N) is 1. The van der Waals surface area contributed by atoms with Gasteiger partial charge in [0.1, 0.15) is 6.04 Å². The molecule has 0 aliphatic heterocycles. The summed E-state index contributed by atoms with van der Waals surface area (Å²) in [4.78, 5) is 36.9. The lowest BCUT2D eigenvalue weighted by atomic mass is 10.00. The van der Waals surface area contributed by atoms with E-state index in [1.807, 2.05) is 0 Å². The minimum atomic E-state index is -0.741. The van der Waals surface area contributed by atoms with E-state index in [1.54, 1.807) is 31.2 Å². The summed E-state index contributed by atoms with van der Waals surface area (Å²) in [5, 5.41) is 4.04. The summed E-state index contributed by atoms with van der Waals surface area (Å²) in [5.74, 6) is -0.209. The molecule has 2 aromatic rings. The fourth-order valence-corrected chi connectivity index (χ4v) is 3.83. The summed E-state index contributed by atoms with van der Waals surface area (Å²) < 4.78 is 1.30. The monoisotopic (exact) mass is 369 g/mol. The fraction of sp³-hybridized carbons (Fsp3) is 0.476. The summed E-state index contributed by atoms with van der Waals surface area (Å²) in [5.41, 5.74) is 5.48. The fourth-order valence-electron chi connectivity index (χ4n) is 3.83. The normalized spacial score (nSPS) is 16.6. The first-order valence-corrected chi connectivity index (χ1v) is 9.70. The van der Waals surface area contributed by atoms with Crippen LogP contribution in [0.2, 0.25) is 0 Å². The molecule has 6 nitrogen and oxygen atoms in total. The molecule has 144 valence electrons. The van der Waals surface area contributed by atoms with Crippen LogP contribution in [0.3, 0.4) is 0 Å². The molecule has 1 aromatic carbocycles. The van der Waals surface area contributed by atoms with Gasteiger partial charge in [0.15, 0.2) is 0 Å². The summed E-state index contributed by atoms with van der Waals surface area (Å²) in [6.45, 7) is 2.25. The summed E-state index contributed by atoms with van der Waals surface area (Å²) in [6.07, 6.45) is 8.87. The predicted molar refractivity (Wildman–Crippen MR) is 106 cm³/mol. The van der Waals surface area contributed by atoms with Crippen molar-refractivity contribution in [3.63, 3.8) is 0 Å². The van der Waals surface area contributed by atoms with Crippen LogP contribution in [0.25, 0.3) is 10.8 Å². The minimum absolute atomic E-state index is 0.162. The Morgan fingerprint density at radius 2 is 1.85 bits per heavy atom. The van der Waals surface area contributed by atoms with Crippen molar-refractivity contribution in [1.29, 1.82) is 0 Å². The zero-order valence-electron chi connectivity index (χ0n) is 15.7. The van der Waals surface area contributed by atoms with Crippen LogP contribution in [-0.4, -0.2) is 22.9 Å². The van der Waals surface area contributed by atoms with E-state index < -0.39 is 11.9 Å². The molecule has 1 saturated carbocycles. The average Bonchev–Trinajstić information content (AvgIpc) is 2.94. The van der Waals surface area contributed by atoms with E-state index in [2.05, 4.69) is 5.32 Å². The molecule has 27 heavy (non-hydrogen) atoms. The maximum absolute atomic E-state index is 12.7. The molecule has 0 radical (unpaired) electrons. The number of nitrogens with two attached hydrogens (primary N) is 1. The third-order valence-corrected chi connectivity index (χ3v) is 5.57. The van der Waals surface area contributed by atoms with Crippen molar-refractivity contribution in [2.24, 2.45) is 11.7 Å². The van der Waals surface area contributed by atoms with E-state index in [4.69, 9.17) is 5.73 Å². The standard InChI is InChI=1S/C21H27N3O3/c1-14(19(22)25)24-12-11-16-17(9-6-10-18(16)21(24)27)20(26)23-13-15-7-4-2-3-5-8-15/h6,9-12,14-15H,2-5,7-8,13H2,1H3,(H2,22,25)(H,23,26)/t14-/m0/s1. The van der Waals surface area contributed by atoms with Crippen LogP contribution in [-0.2, 0) is 4.79 Å². The van der Waals surface area contributed by atoms with Crippen LogP contribution in [0.4, 0.5) is 0 Å². The molecule has 1 aliphatic carbocycles. The number of rotatable bonds is 5. The van der Waals surface area contributed by atoms with Gasteiger partial charge in [0.25, 0.3) is 11.5 Å². The molecule has 0 saturated heterocycles. The quantitative estimate of drug-likeness (QED) is 0.794. The highest BCUT2D eigenvalue weighted by Crippen LogP contribution is 2.22. The lowest BCUT2D eigenvalue weighted by Gasteiger charge is -2.16. The van der Waals surface area contributed by atoms with E-state index >= 15 is 0 Å². The number of aromatic nitrogens is 1. The maximum atomic E-state index is 12.7. The van der Waals surface area contributed by atoms with Crippen LogP contribution in [0.1, 0.15) is 61.8 Å². The lowest BCUT2D eigenvalue weighted by Crippen LogP contribution is -2.32. The van der Waals surface area contributed by atoms with Gasteiger partial charge in [-0.2, -0.15) is 0 Å². The van der Waals surface area contributed by atoms with Crippen molar-refractivity contribution >= 4 is 22.6 Å². The van der Waals surface area contributed by atoms with Gasteiger partial charge in [-0.15, -0.1) is 0 Å². The number of carbonyl (C=O) groups is 2. The van der Waals surface area contributed by atoms with Crippen LogP contribution >= 0.6 is 0 Å². The molecule has 1 aromatic heterocycles. The SMILES string of the molecule is C[C@@H](C(N)=O)n1ccc2c(C(=O)NCC3CCCCCC3)cccc2c1=O. The zero-order valence-corrected chi connectivity index (χ0v) is 15.7. The van der Waals surface area contributed by atoms with Crippen LogP contribution < -0.4 is 16.6 Å². The molecular formula is C21H27N3O3. The first-order valence-electron chi connectivity index (χ1n) is 9.70. The number of hydrogen-bond acceptors (Lipinski definition) is 3. The highest BCUT2D eigenvalue weighted by molar-refractivity contribution is 6.06. The first-order chi connectivity index (χ1) is 13.0. The number of pyridine rings is 1. The van der Waals surface area contributed by atoms with Crippen molar-refractivity contribution in [3.05, 3.63) is 46.4 Å². The molecule has 0 spiro atoms. The number of carbonyl (C=O) groups excluding carboxylic acids is 2. The zero-order chi connectivity index (χ0) is 19.4. The van der Waals surface area contributed by atoms with Gasteiger partial charge in [-0.3, -0.25) is 14.4 Å². The predicted octanol–water partition coefficient (Wildman–Crippen LogP) is 2.75. The highest BCUT2D eigenvalue weighted by atomic mass is 16.2. The molecule has 2 amide bonds. The molecule has 1 atom stereocenters. The largest absolute Gasteiger partial charge is 0.368 e. The van der Waals surface area contributed by atoms with Gasteiger partial charge in [-0.1, -0.05) is 31.7 Å². The van der Waals surface area contributed by atoms with Crippen LogP contribution in [0.15, 0.2) is 35.3 Å². The van der Waals surface area contributed by atoms with Gasteiger partial charge in [-0.05, 0) is 43.9 Å². The van der Waals surface area contributed by atoms with Crippen molar-refractivity contribution in [1.82, 2.24) is 9.88 Å². The van der Waals surface area contributed by atoms with Crippen molar-refractivity contribution < 1.29 is 9.59 Å². The highest BCUT2D eigenvalue weighted by Gasteiger charge is 2.18. The molecule has 0 bridgehead atoms. The molecule has 6 heteroatoms. The number of primary amides is 1. The van der Waals surface area contributed by atoms with Crippen molar-refractivity contribution in [2.75, 3.05) is 6.54 Å². The second kappa shape index (κ2) is 8.37. The number of nitrogens with zero attached hydrogens (tertiary/aromatic N) is 1. The smallest absolute Gasteiger partial charge is 0.259 e. The topological polar surface area (TPSA) is 94.2 Å². The summed E-state index contributed by atoms with van der Waals surface area (Å²) in [6, 6.07) is 6.06. The van der Waals surface area contributed by atoms with Crippen molar-refractivity contribution in [3.8, 4) is 0 Å². The van der Waals surface area contributed by atoms with Gasteiger partial charge in [0, 0.05) is 29.1 Å². The van der Waals surface area contributed by atoms with Gasteiger partial charge < -0.3 is 15.6 Å². The molecule has 1 fully saturated rings.